The van der Waals surface area contributed by atoms with Crippen LogP contribution < -0.4 is 16.0 Å². The summed E-state index contributed by atoms with van der Waals surface area (Å²) in [4.78, 5) is 23.2. The minimum Gasteiger partial charge on any atom is -0.480 e. The van der Waals surface area contributed by atoms with Gasteiger partial charge in [-0.1, -0.05) is 59.6 Å². The molecule has 28 heavy (non-hydrogen) atoms. The fourth-order valence-electron chi connectivity index (χ4n) is 2.27. The van der Waals surface area contributed by atoms with Crippen molar-refractivity contribution in [1.82, 2.24) is 16.0 Å². The van der Waals surface area contributed by atoms with Crippen molar-refractivity contribution >= 4 is 35.2 Å². The van der Waals surface area contributed by atoms with Crippen LogP contribution in [0.5, 0.6) is 0 Å². The van der Waals surface area contributed by atoms with Crippen LogP contribution in [0.2, 0.25) is 10.0 Å². The Morgan fingerprint density at radius 2 is 1.68 bits per heavy atom. The number of amides is 2. The third-order valence-electron chi connectivity index (χ3n) is 3.80. The number of nitrogens with one attached hydrogen (secondary N) is 3. The van der Waals surface area contributed by atoms with Crippen LogP contribution >= 0.6 is 23.2 Å². The number of ether oxygens (including phenoxy) is 1. The lowest BCUT2D eigenvalue weighted by molar-refractivity contribution is -0.139. The number of carbonyl (C=O) groups excluding carboxylic acids is 1. The second-order valence-electron chi connectivity index (χ2n) is 5.84. The first-order valence-electron chi connectivity index (χ1n) is 8.50. The number of urea groups is 1. The SMILES string of the molecule is O=C(NCc1ccccc1)NC[C@H](NCOCc1c(Cl)cccc1Cl)C(=O)O. The molecule has 0 aliphatic heterocycles. The summed E-state index contributed by atoms with van der Waals surface area (Å²) in [6.07, 6.45) is 0. The van der Waals surface area contributed by atoms with Crippen LogP contribution in [0.25, 0.3) is 0 Å². The normalized spacial score (nSPS) is 11.6. The van der Waals surface area contributed by atoms with Crippen LogP contribution in [0.15, 0.2) is 48.5 Å². The van der Waals surface area contributed by atoms with Gasteiger partial charge in [-0.25, -0.2) is 4.79 Å². The fourth-order valence-corrected chi connectivity index (χ4v) is 2.77. The number of carboxylic acids is 1. The zero-order valence-electron chi connectivity index (χ0n) is 15.0. The van der Waals surface area contributed by atoms with Crippen molar-refractivity contribution in [2.24, 2.45) is 0 Å². The van der Waals surface area contributed by atoms with E-state index >= 15 is 0 Å². The molecule has 0 bridgehead atoms. The largest absolute Gasteiger partial charge is 0.480 e. The topological polar surface area (TPSA) is 99.7 Å². The van der Waals surface area contributed by atoms with Crippen molar-refractivity contribution in [2.75, 3.05) is 13.3 Å². The van der Waals surface area contributed by atoms with Gasteiger partial charge in [0.25, 0.3) is 0 Å². The Hall–Kier alpha value is -2.32. The van der Waals surface area contributed by atoms with E-state index in [9.17, 15) is 14.7 Å². The lowest BCUT2D eigenvalue weighted by atomic mass is 10.2. The molecule has 0 radical (unpaired) electrons. The molecule has 7 nitrogen and oxygen atoms in total. The monoisotopic (exact) mass is 425 g/mol. The van der Waals surface area contributed by atoms with Gasteiger partial charge in [-0.15, -0.1) is 0 Å². The average molecular weight is 426 g/mol. The van der Waals surface area contributed by atoms with Crippen LogP contribution in [0.4, 0.5) is 4.79 Å². The van der Waals surface area contributed by atoms with Crippen molar-refractivity contribution in [3.63, 3.8) is 0 Å². The quantitative estimate of drug-likeness (QED) is 0.346. The van der Waals surface area contributed by atoms with Gasteiger partial charge in [-0.2, -0.15) is 0 Å². The Labute approximate surface area is 173 Å². The number of halogens is 2. The van der Waals surface area contributed by atoms with E-state index in [0.717, 1.165) is 5.56 Å². The second-order valence-corrected chi connectivity index (χ2v) is 6.65. The predicted octanol–water partition coefficient (Wildman–Crippen LogP) is 3.01. The van der Waals surface area contributed by atoms with Crippen LogP contribution in [-0.2, 0) is 22.7 Å². The first-order valence-corrected chi connectivity index (χ1v) is 9.25. The minimum atomic E-state index is -1.11. The molecule has 0 aliphatic carbocycles. The highest BCUT2D eigenvalue weighted by Crippen LogP contribution is 2.24. The van der Waals surface area contributed by atoms with Crippen molar-refractivity contribution < 1.29 is 19.4 Å². The Morgan fingerprint density at radius 3 is 2.32 bits per heavy atom. The van der Waals surface area contributed by atoms with E-state index < -0.39 is 18.0 Å². The van der Waals surface area contributed by atoms with E-state index in [-0.39, 0.29) is 19.9 Å². The second kappa shape index (κ2) is 11.5. The van der Waals surface area contributed by atoms with E-state index in [0.29, 0.717) is 22.2 Å². The lowest BCUT2D eigenvalue weighted by Crippen LogP contribution is -2.48. The molecule has 0 heterocycles. The Morgan fingerprint density at radius 1 is 1.00 bits per heavy atom. The van der Waals surface area contributed by atoms with Gasteiger partial charge in [0, 0.05) is 28.7 Å². The third kappa shape index (κ3) is 7.36. The number of carbonyl (C=O) groups is 2. The van der Waals surface area contributed by atoms with Gasteiger partial charge in [0.1, 0.15) is 6.04 Å². The number of aliphatic carboxylic acids is 1. The molecule has 150 valence electrons. The molecule has 0 saturated heterocycles. The Balaban J connectivity index is 1.71. The van der Waals surface area contributed by atoms with Gasteiger partial charge in [0.2, 0.25) is 0 Å². The Bertz CT molecular complexity index is 770. The van der Waals surface area contributed by atoms with Crippen LogP contribution in [-0.4, -0.2) is 36.4 Å². The molecular weight excluding hydrogens is 405 g/mol. The molecule has 2 amide bonds. The summed E-state index contributed by atoms with van der Waals surface area (Å²) in [5, 5.41) is 18.1. The van der Waals surface area contributed by atoms with Crippen LogP contribution in [0.1, 0.15) is 11.1 Å². The Kier molecular flexibility index (Phi) is 9.03. The summed E-state index contributed by atoms with van der Waals surface area (Å²) < 4.78 is 5.40. The molecule has 0 unspecified atom stereocenters. The highest BCUT2D eigenvalue weighted by atomic mass is 35.5. The van der Waals surface area contributed by atoms with E-state index in [1.54, 1.807) is 18.2 Å². The maximum Gasteiger partial charge on any atom is 0.322 e. The van der Waals surface area contributed by atoms with Crippen molar-refractivity contribution in [1.29, 1.82) is 0 Å². The molecular formula is C19H21Cl2N3O4. The van der Waals surface area contributed by atoms with E-state index in [1.807, 2.05) is 30.3 Å². The van der Waals surface area contributed by atoms with E-state index in [2.05, 4.69) is 16.0 Å². The summed E-state index contributed by atoms with van der Waals surface area (Å²) in [6, 6.07) is 13.0. The van der Waals surface area contributed by atoms with Crippen LogP contribution in [0.3, 0.4) is 0 Å². The number of benzene rings is 2. The average Bonchev–Trinajstić information content (AvgIpc) is 2.68. The van der Waals surface area contributed by atoms with Gasteiger partial charge < -0.3 is 20.5 Å². The van der Waals surface area contributed by atoms with Gasteiger partial charge in [-0.05, 0) is 17.7 Å². The highest BCUT2D eigenvalue weighted by molar-refractivity contribution is 6.35. The molecule has 1 atom stereocenters. The molecule has 0 aliphatic rings. The van der Waals surface area contributed by atoms with Gasteiger partial charge in [0.15, 0.2) is 0 Å². The standard InChI is InChI=1S/C19H21Cl2N3O4/c20-15-7-4-8-16(21)14(15)11-28-12-24-17(18(25)26)10-23-19(27)22-9-13-5-2-1-3-6-13/h1-8,17,24H,9-12H2,(H,25,26)(H2,22,23,27)/t17-/m0/s1. The zero-order chi connectivity index (χ0) is 20.4. The van der Waals surface area contributed by atoms with Gasteiger partial charge in [-0.3, -0.25) is 10.1 Å². The number of rotatable bonds is 10. The summed E-state index contributed by atoms with van der Waals surface area (Å²) in [5.74, 6) is -1.11. The number of carboxylic acid groups (broad SMARTS) is 1. The molecule has 2 aromatic carbocycles. The van der Waals surface area contributed by atoms with Crippen molar-refractivity contribution in [3.05, 3.63) is 69.7 Å². The molecule has 0 saturated carbocycles. The molecule has 2 rings (SSSR count). The maximum absolute atomic E-state index is 11.8. The maximum atomic E-state index is 11.8. The minimum absolute atomic E-state index is 0.0498. The zero-order valence-corrected chi connectivity index (χ0v) is 16.5. The van der Waals surface area contributed by atoms with Crippen LogP contribution in [0, 0.1) is 0 Å². The fraction of sp³-hybridized carbons (Fsp3) is 0.263. The molecule has 4 N–H and O–H groups in total. The van der Waals surface area contributed by atoms with Gasteiger partial charge >= 0.3 is 12.0 Å². The number of hydrogen-bond donors (Lipinski definition) is 4. The molecule has 9 heteroatoms. The van der Waals surface area contributed by atoms with Gasteiger partial charge in [0.05, 0.1) is 13.3 Å². The molecule has 0 fully saturated rings. The molecule has 0 spiro atoms. The first-order chi connectivity index (χ1) is 13.5. The summed E-state index contributed by atoms with van der Waals surface area (Å²) in [6.45, 7) is 0.320. The summed E-state index contributed by atoms with van der Waals surface area (Å²) in [7, 11) is 0. The number of hydrogen-bond acceptors (Lipinski definition) is 4. The third-order valence-corrected chi connectivity index (χ3v) is 4.51. The molecule has 0 aromatic heterocycles. The van der Waals surface area contributed by atoms with E-state index in [4.69, 9.17) is 27.9 Å². The molecule has 2 aromatic rings. The predicted molar refractivity (Wildman–Crippen MR) is 107 cm³/mol. The van der Waals surface area contributed by atoms with Crippen molar-refractivity contribution in [2.45, 2.75) is 19.2 Å². The highest BCUT2D eigenvalue weighted by Gasteiger charge is 2.17. The smallest absolute Gasteiger partial charge is 0.322 e. The van der Waals surface area contributed by atoms with Crippen molar-refractivity contribution in [3.8, 4) is 0 Å². The lowest BCUT2D eigenvalue weighted by Gasteiger charge is -2.16. The summed E-state index contributed by atoms with van der Waals surface area (Å²) >= 11 is 12.1. The summed E-state index contributed by atoms with van der Waals surface area (Å²) in [5.41, 5.74) is 1.56. The van der Waals surface area contributed by atoms with E-state index in [1.165, 1.54) is 0 Å². The first kappa shape index (κ1) is 22.0.